The highest BCUT2D eigenvalue weighted by Gasteiger charge is 2.21. The van der Waals surface area contributed by atoms with Gasteiger partial charge in [0.25, 0.3) is 5.22 Å². The minimum atomic E-state index is 0.138. The van der Waals surface area contributed by atoms with Crippen molar-refractivity contribution in [3.63, 3.8) is 0 Å². The fraction of sp³-hybridized carbons (Fsp3) is 0.727. The van der Waals surface area contributed by atoms with Gasteiger partial charge < -0.3 is 15.1 Å². The van der Waals surface area contributed by atoms with Gasteiger partial charge in [0.1, 0.15) is 0 Å². The molecule has 2 rings (SSSR count). The Kier molecular flexibility index (Phi) is 4.60. The molecule has 1 aliphatic heterocycles. The number of hydrogen-bond acceptors (Lipinski definition) is 6. The molecule has 1 aromatic rings. The monoisotopic (exact) mass is 270 g/mol. The van der Waals surface area contributed by atoms with E-state index in [4.69, 9.17) is 10.2 Å². The van der Waals surface area contributed by atoms with Gasteiger partial charge in [0.15, 0.2) is 0 Å². The van der Waals surface area contributed by atoms with Gasteiger partial charge >= 0.3 is 0 Å². The Hall–Kier alpha value is -1.08. The van der Waals surface area contributed by atoms with E-state index in [1.165, 1.54) is 18.2 Å². The number of nitrogens with two attached hydrogens (primary N) is 1. The summed E-state index contributed by atoms with van der Waals surface area (Å²) in [5.74, 6) is 1.48. The number of thioether (sulfide) groups is 1. The van der Waals surface area contributed by atoms with E-state index >= 15 is 0 Å². The zero-order valence-electron chi connectivity index (χ0n) is 10.5. The Bertz CT molecular complexity index is 410. The number of carbonyl (C=O) groups excluding carboxylic acids is 1. The van der Waals surface area contributed by atoms with Crippen molar-refractivity contribution in [1.82, 2.24) is 15.1 Å². The fourth-order valence-electron chi connectivity index (χ4n) is 2.01. The van der Waals surface area contributed by atoms with Crippen LogP contribution < -0.4 is 5.73 Å². The van der Waals surface area contributed by atoms with Crippen LogP contribution in [0, 0.1) is 5.92 Å². The van der Waals surface area contributed by atoms with E-state index in [1.54, 1.807) is 0 Å². The molecule has 0 saturated carbocycles. The standard InChI is InChI=1S/C11H18N4O2S/c1-8-3-2-4-15(6-8)10(16)7-18-11-14-13-9(5-12)17-11/h8H,2-7,12H2,1H3. The minimum Gasteiger partial charge on any atom is -0.415 e. The van der Waals surface area contributed by atoms with Crippen LogP contribution in [0.2, 0.25) is 0 Å². The molecule has 2 heterocycles. The lowest BCUT2D eigenvalue weighted by Gasteiger charge is -2.30. The van der Waals surface area contributed by atoms with Crippen molar-refractivity contribution >= 4 is 17.7 Å². The van der Waals surface area contributed by atoms with Gasteiger partial charge in [-0.3, -0.25) is 4.79 Å². The molecule has 100 valence electrons. The number of likely N-dealkylation sites (tertiary alicyclic amines) is 1. The van der Waals surface area contributed by atoms with Crippen molar-refractivity contribution in [2.24, 2.45) is 11.7 Å². The minimum absolute atomic E-state index is 0.138. The number of carbonyl (C=O) groups is 1. The highest BCUT2D eigenvalue weighted by Crippen LogP contribution is 2.19. The molecule has 1 unspecified atom stereocenters. The molecular formula is C11H18N4O2S. The molecule has 7 heteroatoms. The Morgan fingerprint density at radius 1 is 1.61 bits per heavy atom. The first-order chi connectivity index (χ1) is 8.69. The molecule has 2 N–H and O–H groups in total. The van der Waals surface area contributed by atoms with E-state index in [2.05, 4.69) is 17.1 Å². The first kappa shape index (κ1) is 13.4. The van der Waals surface area contributed by atoms with E-state index in [9.17, 15) is 4.79 Å². The van der Waals surface area contributed by atoms with Gasteiger partial charge in [0, 0.05) is 13.1 Å². The molecule has 1 atom stereocenters. The topological polar surface area (TPSA) is 85.2 Å². The number of amides is 1. The third kappa shape index (κ3) is 3.46. The molecule has 1 amide bonds. The van der Waals surface area contributed by atoms with Crippen molar-refractivity contribution in [2.75, 3.05) is 18.8 Å². The predicted molar refractivity (Wildman–Crippen MR) is 67.9 cm³/mol. The third-order valence-corrected chi connectivity index (χ3v) is 3.75. The summed E-state index contributed by atoms with van der Waals surface area (Å²) in [6, 6.07) is 0. The van der Waals surface area contributed by atoms with Crippen LogP contribution >= 0.6 is 11.8 Å². The maximum Gasteiger partial charge on any atom is 0.277 e. The molecule has 0 spiro atoms. The van der Waals surface area contributed by atoms with Crippen LogP contribution in [0.15, 0.2) is 9.64 Å². The summed E-state index contributed by atoms with van der Waals surface area (Å²) in [6.45, 7) is 4.13. The smallest absolute Gasteiger partial charge is 0.277 e. The molecule has 0 aliphatic carbocycles. The third-order valence-electron chi connectivity index (χ3n) is 2.95. The van der Waals surface area contributed by atoms with Crippen LogP contribution in [0.3, 0.4) is 0 Å². The summed E-state index contributed by atoms with van der Waals surface area (Å²) in [6.07, 6.45) is 2.30. The van der Waals surface area contributed by atoms with Gasteiger partial charge in [0.05, 0.1) is 12.3 Å². The van der Waals surface area contributed by atoms with Crippen LogP contribution in [-0.2, 0) is 11.3 Å². The summed E-state index contributed by atoms with van der Waals surface area (Å²) >= 11 is 1.27. The van der Waals surface area contributed by atoms with Crippen molar-refractivity contribution in [2.45, 2.75) is 31.5 Å². The Morgan fingerprint density at radius 2 is 2.44 bits per heavy atom. The maximum absolute atomic E-state index is 12.0. The van der Waals surface area contributed by atoms with Gasteiger partial charge in [-0.05, 0) is 18.8 Å². The molecule has 1 fully saturated rings. The van der Waals surface area contributed by atoms with E-state index < -0.39 is 0 Å². The normalized spacial score (nSPS) is 20.1. The van der Waals surface area contributed by atoms with Crippen LogP contribution in [0.4, 0.5) is 0 Å². The van der Waals surface area contributed by atoms with E-state index in [0.717, 1.165) is 19.5 Å². The van der Waals surface area contributed by atoms with Gasteiger partial charge in [-0.15, -0.1) is 10.2 Å². The lowest BCUT2D eigenvalue weighted by molar-refractivity contribution is -0.130. The SMILES string of the molecule is CC1CCCN(C(=O)CSc2nnc(CN)o2)C1. The first-order valence-electron chi connectivity index (χ1n) is 6.12. The fourth-order valence-corrected chi connectivity index (χ4v) is 2.69. The summed E-state index contributed by atoms with van der Waals surface area (Å²) < 4.78 is 5.24. The average molecular weight is 270 g/mol. The van der Waals surface area contributed by atoms with Gasteiger partial charge in [0.2, 0.25) is 11.8 Å². The lowest BCUT2D eigenvalue weighted by Crippen LogP contribution is -2.40. The molecule has 1 aliphatic rings. The Morgan fingerprint density at radius 3 is 3.11 bits per heavy atom. The van der Waals surface area contributed by atoms with Crippen LogP contribution in [0.25, 0.3) is 0 Å². The number of aromatic nitrogens is 2. The second kappa shape index (κ2) is 6.19. The zero-order chi connectivity index (χ0) is 13.0. The quantitative estimate of drug-likeness (QED) is 0.817. The zero-order valence-corrected chi connectivity index (χ0v) is 11.3. The molecular weight excluding hydrogens is 252 g/mol. The number of nitrogens with zero attached hydrogens (tertiary/aromatic N) is 3. The van der Waals surface area contributed by atoms with E-state index in [0.29, 0.717) is 22.8 Å². The highest BCUT2D eigenvalue weighted by molar-refractivity contribution is 7.99. The molecule has 0 radical (unpaired) electrons. The highest BCUT2D eigenvalue weighted by atomic mass is 32.2. The summed E-state index contributed by atoms with van der Waals surface area (Å²) in [4.78, 5) is 13.9. The molecule has 6 nitrogen and oxygen atoms in total. The number of rotatable bonds is 4. The first-order valence-corrected chi connectivity index (χ1v) is 7.10. The maximum atomic E-state index is 12.0. The predicted octanol–water partition coefficient (Wildman–Crippen LogP) is 0.879. The van der Waals surface area contributed by atoms with Crippen LogP contribution in [-0.4, -0.2) is 39.8 Å². The second-order valence-electron chi connectivity index (χ2n) is 4.54. The van der Waals surface area contributed by atoms with E-state index in [1.807, 2.05) is 4.90 Å². The van der Waals surface area contributed by atoms with Crippen molar-refractivity contribution in [3.05, 3.63) is 5.89 Å². The molecule has 1 aromatic heterocycles. The van der Waals surface area contributed by atoms with E-state index in [-0.39, 0.29) is 12.5 Å². The summed E-state index contributed by atoms with van der Waals surface area (Å²) in [5, 5.41) is 7.98. The van der Waals surface area contributed by atoms with Gasteiger partial charge in [-0.1, -0.05) is 18.7 Å². The van der Waals surface area contributed by atoms with Crippen molar-refractivity contribution in [3.8, 4) is 0 Å². The van der Waals surface area contributed by atoms with Gasteiger partial charge in [-0.25, -0.2) is 0 Å². The second-order valence-corrected chi connectivity index (χ2v) is 5.47. The molecule has 0 aromatic carbocycles. The number of piperidine rings is 1. The molecule has 18 heavy (non-hydrogen) atoms. The van der Waals surface area contributed by atoms with Crippen molar-refractivity contribution in [1.29, 1.82) is 0 Å². The Labute approximate surface area is 110 Å². The molecule has 0 bridgehead atoms. The Balaban J connectivity index is 1.80. The number of hydrogen-bond donors (Lipinski definition) is 1. The lowest BCUT2D eigenvalue weighted by atomic mass is 10.0. The van der Waals surface area contributed by atoms with Crippen LogP contribution in [0.1, 0.15) is 25.7 Å². The van der Waals surface area contributed by atoms with Gasteiger partial charge in [-0.2, -0.15) is 0 Å². The van der Waals surface area contributed by atoms with Crippen LogP contribution in [0.5, 0.6) is 0 Å². The average Bonchev–Trinajstić information content (AvgIpc) is 2.84. The summed E-state index contributed by atoms with van der Waals surface area (Å²) in [5.41, 5.74) is 5.37. The summed E-state index contributed by atoms with van der Waals surface area (Å²) in [7, 11) is 0. The molecule has 1 saturated heterocycles. The van der Waals surface area contributed by atoms with Crippen molar-refractivity contribution < 1.29 is 9.21 Å². The largest absolute Gasteiger partial charge is 0.415 e.